The minimum atomic E-state index is -0.254. The number of aldehydes is 1. The third-order valence-electron chi connectivity index (χ3n) is 2.93. The smallest absolute Gasteiger partial charge is 0.302 e. The highest BCUT2D eigenvalue weighted by atomic mass is 16.5. The average Bonchev–Trinajstić information content (AvgIpc) is 2.58. The van der Waals surface area contributed by atoms with Crippen molar-refractivity contribution in [2.45, 2.75) is 19.4 Å². The van der Waals surface area contributed by atoms with Gasteiger partial charge in [-0.25, -0.2) is 0 Å². The fraction of sp³-hybridized carbons (Fsp3) is 0.600. The number of hydrogen-bond acceptors (Lipinski definition) is 3. The molecule has 4 atom stereocenters. The molecule has 0 aromatic carbocycles. The number of carbonyl (C=O) groups excluding carboxylic acids is 2. The van der Waals surface area contributed by atoms with Crippen molar-refractivity contribution in [3.05, 3.63) is 12.2 Å². The molecule has 0 radical (unpaired) electrons. The van der Waals surface area contributed by atoms with Crippen LogP contribution in [0.4, 0.5) is 0 Å². The standard InChI is InChI=1S/C10H12O3/c1-6(12)13-10-4-7-2-3-8(10)9(7)5-11/h2-3,5,7-10H,4H2,1H3/t7-,8-,9?,10+/m1/s1. The Kier molecular flexibility index (Phi) is 1.94. The monoisotopic (exact) mass is 180 g/mol. The van der Waals surface area contributed by atoms with Crippen LogP contribution in [0.1, 0.15) is 13.3 Å². The summed E-state index contributed by atoms with van der Waals surface area (Å²) in [5.41, 5.74) is 0. The van der Waals surface area contributed by atoms with Crippen molar-refractivity contribution in [3.8, 4) is 0 Å². The van der Waals surface area contributed by atoms with Crippen LogP contribution in [0.2, 0.25) is 0 Å². The van der Waals surface area contributed by atoms with Crippen molar-refractivity contribution in [1.29, 1.82) is 0 Å². The fourth-order valence-electron chi connectivity index (χ4n) is 2.38. The van der Waals surface area contributed by atoms with E-state index in [0.717, 1.165) is 12.7 Å². The van der Waals surface area contributed by atoms with Crippen molar-refractivity contribution in [2.24, 2.45) is 17.8 Å². The summed E-state index contributed by atoms with van der Waals surface area (Å²) in [6.45, 7) is 1.41. The van der Waals surface area contributed by atoms with E-state index < -0.39 is 0 Å². The molecule has 1 saturated carbocycles. The third-order valence-corrected chi connectivity index (χ3v) is 2.93. The Labute approximate surface area is 76.8 Å². The van der Waals surface area contributed by atoms with Crippen LogP contribution in [0.5, 0.6) is 0 Å². The molecule has 3 heteroatoms. The van der Waals surface area contributed by atoms with E-state index in [1.165, 1.54) is 6.92 Å². The summed E-state index contributed by atoms with van der Waals surface area (Å²) < 4.78 is 5.13. The highest BCUT2D eigenvalue weighted by Crippen LogP contribution is 2.44. The van der Waals surface area contributed by atoms with E-state index in [1.54, 1.807) is 0 Å². The predicted molar refractivity (Wildman–Crippen MR) is 45.8 cm³/mol. The van der Waals surface area contributed by atoms with Crippen molar-refractivity contribution in [1.82, 2.24) is 0 Å². The SMILES string of the molecule is CC(=O)O[C@H]1C[C@H]2C=C[C@@H]1C2C=O. The summed E-state index contributed by atoms with van der Waals surface area (Å²) in [5.74, 6) is 0.221. The van der Waals surface area contributed by atoms with Crippen LogP contribution in [-0.2, 0) is 14.3 Å². The number of carbonyl (C=O) groups is 2. The van der Waals surface area contributed by atoms with Gasteiger partial charge in [0, 0.05) is 18.8 Å². The van der Waals surface area contributed by atoms with Crippen LogP contribution in [0.15, 0.2) is 12.2 Å². The molecule has 0 aromatic rings. The summed E-state index contributed by atoms with van der Waals surface area (Å²) in [7, 11) is 0. The highest BCUT2D eigenvalue weighted by molar-refractivity contribution is 5.67. The third kappa shape index (κ3) is 1.28. The van der Waals surface area contributed by atoms with Crippen LogP contribution < -0.4 is 0 Å². The van der Waals surface area contributed by atoms with Crippen LogP contribution in [0, 0.1) is 17.8 Å². The molecule has 1 fully saturated rings. The van der Waals surface area contributed by atoms with Crippen molar-refractivity contribution in [2.75, 3.05) is 0 Å². The maximum Gasteiger partial charge on any atom is 0.302 e. The number of fused-ring (bicyclic) bond motifs is 2. The molecule has 2 bridgehead atoms. The molecule has 3 nitrogen and oxygen atoms in total. The van der Waals surface area contributed by atoms with Crippen LogP contribution in [-0.4, -0.2) is 18.4 Å². The molecule has 0 aromatic heterocycles. The van der Waals surface area contributed by atoms with Gasteiger partial charge in [-0.2, -0.15) is 0 Å². The molecule has 0 heterocycles. The lowest BCUT2D eigenvalue weighted by atomic mass is 9.98. The normalized spacial score (nSPS) is 40.7. The van der Waals surface area contributed by atoms with Gasteiger partial charge in [-0.15, -0.1) is 0 Å². The molecule has 13 heavy (non-hydrogen) atoms. The van der Waals surface area contributed by atoms with Gasteiger partial charge in [-0.1, -0.05) is 12.2 Å². The van der Waals surface area contributed by atoms with E-state index in [2.05, 4.69) is 6.08 Å². The Morgan fingerprint density at radius 2 is 2.31 bits per heavy atom. The Hall–Kier alpha value is -1.12. The first-order chi connectivity index (χ1) is 6.22. The molecular formula is C10H12O3. The molecular weight excluding hydrogens is 168 g/mol. The Bertz CT molecular complexity index is 269. The first-order valence-electron chi connectivity index (χ1n) is 4.53. The number of ether oxygens (including phenoxy) is 1. The lowest BCUT2D eigenvalue weighted by Gasteiger charge is -2.17. The summed E-state index contributed by atoms with van der Waals surface area (Å²) in [6.07, 6.45) is 5.79. The van der Waals surface area contributed by atoms with Gasteiger partial charge in [0.2, 0.25) is 0 Å². The highest BCUT2D eigenvalue weighted by Gasteiger charge is 2.46. The summed E-state index contributed by atoms with van der Waals surface area (Å²) >= 11 is 0. The molecule has 2 aliphatic carbocycles. The molecule has 0 saturated heterocycles. The van der Waals surface area contributed by atoms with Crippen LogP contribution in [0.25, 0.3) is 0 Å². The van der Waals surface area contributed by atoms with E-state index >= 15 is 0 Å². The second-order valence-electron chi connectivity index (χ2n) is 3.72. The number of esters is 1. The van der Waals surface area contributed by atoms with Crippen molar-refractivity contribution >= 4 is 12.3 Å². The molecule has 0 spiro atoms. The van der Waals surface area contributed by atoms with Gasteiger partial charge in [0.25, 0.3) is 0 Å². The van der Waals surface area contributed by atoms with Gasteiger partial charge in [0.05, 0.1) is 0 Å². The van der Waals surface area contributed by atoms with E-state index in [0.29, 0.717) is 5.92 Å². The van der Waals surface area contributed by atoms with Crippen molar-refractivity contribution < 1.29 is 14.3 Å². The zero-order valence-corrected chi connectivity index (χ0v) is 7.47. The number of allylic oxidation sites excluding steroid dienone is 1. The van der Waals surface area contributed by atoms with Gasteiger partial charge in [-0.3, -0.25) is 4.79 Å². The lowest BCUT2D eigenvalue weighted by molar-refractivity contribution is -0.147. The maximum atomic E-state index is 10.7. The van der Waals surface area contributed by atoms with Crippen LogP contribution in [0.3, 0.4) is 0 Å². The molecule has 0 aliphatic heterocycles. The summed E-state index contributed by atoms with van der Waals surface area (Å²) in [4.78, 5) is 21.5. The second-order valence-corrected chi connectivity index (χ2v) is 3.72. The molecule has 0 N–H and O–H groups in total. The minimum Gasteiger partial charge on any atom is -0.462 e. The second kappa shape index (κ2) is 2.98. The minimum absolute atomic E-state index is 0.0457. The zero-order chi connectivity index (χ0) is 9.42. The van der Waals surface area contributed by atoms with Crippen molar-refractivity contribution in [3.63, 3.8) is 0 Å². The molecule has 2 rings (SSSR count). The Morgan fingerprint density at radius 3 is 2.85 bits per heavy atom. The van der Waals surface area contributed by atoms with Crippen LogP contribution >= 0.6 is 0 Å². The topological polar surface area (TPSA) is 43.4 Å². The molecule has 2 aliphatic rings. The lowest BCUT2D eigenvalue weighted by Crippen LogP contribution is -2.22. The largest absolute Gasteiger partial charge is 0.462 e. The van der Waals surface area contributed by atoms with E-state index in [-0.39, 0.29) is 23.9 Å². The van der Waals surface area contributed by atoms with Gasteiger partial charge in [0.1, 0.15) is 12.4 Å². The number of rotatable bonds is 2. The summed E-state index contributed by atoms with van der Waals surface area (Å²) in [5, 5.41) is 0. The fourth-order valence-corrected chi connectivity index (χ4v) is 2.38. The van der Waals surface area contributed by atoms with E-state index in [4.69, 9.17) is 4.74 Å². The van der Waals surface area contributed by atoms with Gasteiger partial charge in [-0.05, 0) is 12.3 Å². The van der Waals surface area contributed by atoms with Gasteiger partial charge >= 0.3 is 5.97 Å². The molecule has 0 amide bonds. The average molecular weight is 180 g/mol. The Morgan fingerprint density at radius 1 is 1.54 bits per heavy atom. The molecule has 70 valence electrons. The predicted octanol–water partition coefficient (Wildman–Crippen LogP) is 0.939. The Balaban J connectivity index is 2.08. The quantitative estimate of drug-likeness (QED) is 0.361. The first kappa shape index (κ1) is 8.48. The summed E-state index contributed by atoms with van der Waals surface area (Å²) in [6, 6.07) is 0. The first-order valence-corrected chi connectivity index (χ1v) is 4.53. The number of hydrogen-bond donors (Lipinski definition) is 0. The van der Waals surface area contributed by atoms with Gasteiger partial charge in [0.15, 0.2) is 0 Å². The van der Waals surface area contributed by atoms with Gasteiger partial charge < -0.3 is 9.53 Å². The maximum absolute atomic E-state index is 10.7. The van der Waals surface area contributed by atoms with E-state index in [9.17, 15) is 9.59 Å². The van der Waals surface area contributed by atoms with E-state index in [1.807, 2.05) is 6.08 Å². The zero-order valence-electron chi connectivity index (χ0n) is 7.47. The molecule has 1 unspecified atom stereocenters.